The maximum Gasteiger partial charge on any atom is 0.295 e. The van der Waals surface area contributed by atoms with Gasteiger partial charge in [0.05, 0.1) is 24.8 Å². The first kappa shape index (κ1) is 28.5. The second-order valence-corrected chi connectivity index (χ2v) is 10.4. The van der Waals surface area contributed by atoms with Crippen LogP contribution in [0.1, 0.15) is 62.8 Å². The van der Waals surface area contributed by atoms with E-state index in [1.54, 1.807) is 11.0 Å². The van der Waals surface area contributed by atoms with Gasteiger partial charge in [-0.15, -0.1) is 0 Å². The van der Waals surface area contributed by atoms with E-state index in [1.165, 1.54) is 0 Å². The lowest BCUT2D eigenvalue weighted by atomic mass is 9.94. The van der Waals surface area contributed by atoms with Crippen LogP contribution in [0.4, 0.5) is 0 Å². The van der Waals surface area contributed by atoms with E-state index >= 15 is 0 Å². The molecule has 2 aliphatic heterocycles. The van der Waals surface area contributed by atoms with Crippen molar-refractivity contribution in [2.45, 2.75) is 58.6 Å². The molecule has 1 N–H and O–H groups in total. The van der Waals surface area contributed by atoms with E-state index in [2.05, 4.69) is 6.92 Å². The molecule has 0 spiro atoms. The molecule has 1 fully saturated rings. The van der Waals surface area contributed by atoms with Crippen LogP contribution in [0.2, 0.25) is 0 Å². The van der Waals surface area contributed by atoms with Gasteiger partial charge in [0.25, 0.3) is 11.7 Å². The highest BCUT2D eigenvalue weighted by Gasteiger charge is 2.46. The number of likely N-dealkylation sites (tertiary alicyclic amines) is 1. The number of nitrogens with zero attached hydrogens (tertiary/aromatic N) is 2. The van der Waals surface area contributed by atoms with E-state index < -0.39 is 17.7 Å². The molecule has 0 radical (unpaired) electrons. The number of fused-ring (bicyclic) bond motifs is 1. The largest absolute Gasteiger partial charge is 0.507 e. The molecule has 39 heavy (non-hydrogen) atoms. The number of carbonyl (C=O) groups is 2. The number of amides is 1. The van der Waals surface area contributed by atoms with Crippen LogP contribution < -0.4 is 14.2 Å². The number of hydrogen-bond acceptors (Lipinski definition) is 7. The number of likely N-dealkylation sites (N-methyl/N-ethyl adjacent to an activating group) is 1. The van der Waals surface area contributed by atoms with Gasteiger partial charge in [0.2, 0.25) is 0 Å². The lowest BCUT2D eigenvalue weighted by molar-refractivity contribution is -0.140. The molecule has 1 amide bonds. The van der Waals surface area contributed by atoms with Gasteiger partial charge in [0, 0.05) is 25.1 Å². The van der Waals surface area contributed by atoms with Crippen LogP contribution in [0.15, 0.2) is 42.0 Å². The standard InChI is InChI=1S/C31H40N2O6/c1-6-8-9-16-38-25-13-10-21(19-26(25)37-7-2)28-27(30(35)31(36)33(28)15-14-32(4)5)29(34)22-11-12-24-23(18-22)17-20(3)39-24/h10-13,18-20,28,34H,6-9,14-17H2,1-5H3/t20-,28+/m1/s1. The van der Waals surface area contributed by atoms with Gasteiger partial charge < -0.3 is 29.1 Å². The summed E-state index contributed by atoms with van der Waals surface area (Å²) < 4.78 is 17.7. The summed E-state index contributed by atoms with van der Waals surface area (Å²) in [4.78, 5) is 30.2. The Kier molecular flexibility index (Phi) is 9.17. The number of aliphatic hydroxyl groups is 1. The molecule has 8 nitrogen and oxygen atoms in total. The van der Waals surface area contributed by atoms with Crippen LogP contribution in [-0.4, -0.2) is 73.1 Å². The van der Waals surface area contributed by atoms with E-state index in [9.17, 15) is 14.7 Å². The van der Waals surface area contributed by atoms with Crippen molar-refractivity contribution in [3.63, 3.8) is 0 Å². The third kappa shape index (κ3) is 6.22. The third-order valence-electron chi connectivity index (χ3n) is 7.09. The van der Waals surface area contributed by atoms with Gasteiger partial charge in [-0.3, -0.25) is 9.59 Å². The summed E-state index contributed by atoms with van der Waals surface area (Å²) in [5, 5.41) is 11.5. The van der Waals surface area contributed by atoms with Crippen molar-refractivity contribution >= 4 is 17.4 Å². The zero-order valence-corrected chi connectivity index (χ0v) is 23.7. The number of benzene rings is 2. The van der Waals surface area contributed by atoms with Crippen molar-refractivity contribution < 1.29 is 28.9 Å². The molecule has 0 unspecified atom stereocenters. The van der Waals surface area contributed by atoms with E-state index in [0.29, 0.717) is 55.4 Å². The highest BCUT2D eigenvalue weighted by molar-refractivity contribution is 6.46. The first-order valence-electron chi connectivity index (χ1n) is 13.9. The molecule has 8 heteroatoms. The molecular formula is C31H40N2O6. The number of carbonyl (C=O) groups excluding carboxylic acids is 2. The normalized spacial score (nSPS) is 19.9. The van der Waals surface area contributed by atoms with Gasteiger partial charge in [-0.1, -0.05) is 25.8 Å². The molecule has 0 bridgehead atoms. The van der Waals surface area contributed by atoms with E-state index in [0.717, 1.165) is 30.6 Å². The molecule has 0 aromatic heterocycles. The molecule has 0 saturated carbocycles. The third-order valence-corrected chi connectivity index (χ3v) is 7.09. The molecule has 2 aromatic rings. The van der Waals surface area contributed by atoms with Gasteiger partial charge >= 0.3 is 0 Å². The van der Waals surface area contributed by atoms with E-state index in [-0.39, 0.29) is 17.4 Å². The van der Waals surface area contributed by atoms with Crippen molar-refractivity contribution in [2.75, 3.05) is 40.4 Å². The Balaban J connectivity index is 1.77. The maximum atomic E-state index is 13.4. The summed E-state index contributed by atoms with van der Waals surface area (Å²) in [6, 6.07) is 10.1. The second-order valence-electron chi connectivity index (χ2n) is 10.4. The molecule has 210 valence electrons. The Bertz CT molecular complexity index is 1240. The summed E-state index contributed by atoms with van der Waals surface area (Å²) in [6.07, 6.45) is 3.89. The number of aliphatic hydroxyl groups excluding tert-OH is 1. The van der Waals surface area contributed by atoms with Crippen LogP contribution in [-0.2, 0) is 16.0 Å². The minimum atomic E-state index is -0.762. The summed E-state index contributed by atoms with van der Waals surface area (Å²) in [5.41, 5.74) is 2.21. The molecular weight excluding hydrogens is 496 g/mol. The zero-order chi connectivity index (χ0) is 28.1. The smallest absolute Gasteiger partial charge is 0.295 e. The lowest BCUT2D eigenvalue weighted by Crippen LogP contribution is -2.35. The van der Waals surface area contributed by atoms with Gasteiger partial charge in [0.15, 0.2) is 11.5 Å². The number of unbranched alkanes of at least 4 members (excludes halogenated alkanes) is 2. The van der Waals surface area contributed by atoms with Crippen LogP contribution in [0.5, 0.6) is 17.2 Å². The second kappa shape index (κ2) is 12.6. The Hall–Kier alpha value is -3.52. The fraction of sp³-hybridized carbons (Fsp3) is 0.484. The van der Waals surface area contributed by atoms with Crippen LogP contribution in [0.25, 0.3) is 5.76 Å². The van der Waals surface area contributed by atoms with E-state index in [4.69, 9.17) is 14.2 Å². The fourth-order valence-electron chi connectivity index (χ4n) is 5.11. The molecule has 2 aromatic carbocycles. The maximum absolute atomic E-state index is 13.4. The molecule has 1 saturated heterocycles. The quantitative estimate of drug-likeness (QED) is 0.178. The van der Waals surface area contributed by atoms with Crippen molar-refractivity contribution in [1.29, 1.82) is 0 Å². The Morgan fingerprint density at radius 2 is 1.87 bits per heavy atom. The topological polar surface area (TPSA) is 88.5 Å². The Labute approximate surface area is 231 Å². The number of ketones is 1. The minimum absolute atomic E-state index is 0.0497. The summed E-state index contributed by atoms with van der Waals surface area (Å²) in [5.74, 6) is 0.436. The summed E-state index contributed by atoms with van der Waals surface area (Å²) >= 11 is 0. The van der Waals surface area contributed by atoms with Gasteiger partial charge in [0.1, 0.15) is 17.6 Å². The predicted molar refractivity (Wildman–Crippen MR) is 150 cm³/mol. The first-order valence-corrected chi connectivity index (χ1v) is 13.9. The summed E-state index contributed by atoms with van der Waals surface area (Å²) in [6.45, 7) is 7.94. The van der Waals surface area contributed by atoms with Crippen LogP contribution in [0, 0.1) is 0 Å². The van der Waals surface area contributed by atoms with Gasteiger partial charge in [-0.05, 0) is 75.8 Å². The van der Waals surface area contributed by atoms with Crippen LogP contribution in [0.3, 0.4) is 0 Å². The van der Waals surface area contributed by atoms with Crippen molar-refractivity contribution in [3.05, 3.63) is 58.7 Å². The molecule has 2 aliphatic rings. The minimum Gasteiger partial charge on any atom is -0.507 e. The highest BCUT2D eigenvalue weighted by Crippen LogP contribution is 2.42. The number of rotatable bonds is 12. The first-order chi connectivity index (χ1) is 18.7. The predicted octanol–water partition coefficient (Wildman–Crippen LogP) is 4.96. The number of hydrogen-bond donors (Lipinski definition) is 1. The van der Waals surface area contributed by atoms with E-state index in [1.807, 2.05) is 63.2 Å². The van der Waals surface area contributed by atoms with Crippen molar-refractivity contribution in [1.82, 2.24) is 9.80 Å². The SMILES string of the molecule is CCCCCOc1ccc([C@H]2C(=C(O)c3ccc4c(c3)C[C@@H](C)O4)C(=O)C(=O)N2CCN(C)C)cc1OCC. The zero-order valence-electron chi connectivity index (χ0n) is 23.7. The number of Topliss-reactive ketones (excluding diaryl/α,β-unsaturated/α-hetero) is 1. The molecule has 2 atom stereocenters. The number of ether oxygens (including phenoxy) is 3. The average molecular weight is 537 g/mol. The van der Waals surface area contributed by atoms with Crippen molar-refractivity contribution in [2.24, 2.45) is 0 Å². The highest BCUT2D eigenvalue weighted by atomic mass is 16.5. The average Bonchev–Trinajstić information content (AvgIpc) is 3.40. The molecule has 4 rings (SSSR count). The van der Waals surface area contributed by atoms with Gasteiger partial charge in [-0.2, -0.15) is 0 Å². The Morgan fingerprint density at radius 3 is 2.59 bits per heavy atom. The fourth-order valence-corrected chi connectivity index (χ4v) is 5.11. The van der Waals surface area contributed by atoms with Crippen molar-refractivity contribution in [3.8, 4) is 17.2 Å². The summed E-state index contributed by atoms with van der Waals surface area (Å²) in [7, 11) is 3.83. The van der Waals surface area contributed by atoms with Gasteiger partial charge in [-0.25, -0.2) is 0 Å². The van der Waals surface area contributed by atoms with Crippen LogP contribution >= 0.6 is 0 Å². The lowest BCUT2D eigenvalue weighted by Gasteiger charge is -2.27. The Morgan fingerprint density at radius 1 is 1.08 bits per heavy atom. The molecule has 0 aliphatic carbocycles. The molecule has 2 heterocycles. The monoisotopic (exact) mass is 536 g/mol.